The van der Waals surface area contributed by atoms with Gasteiger partial charge in [0.15, 0.2) is 0 Å². The number of hydrogen-bond donors (Lipinski definition) is 1. The fourth-order valence-corrected chi connectivity index (χ4v) is 2.50. The molecule has 1 amide bonds. The Bertz CT molecular complexity index is 439. The summed E-state index contributed by atoms with van der Waals surface area (Å²) in [6.07, 6.45) is 2.45. The molecule has 2 rings (SSSR count). The maximum absolute atomic E-state index is 12.1. The van der Waals surface area contributed by atoms with Crippen molar-refractivity contribution in [3.8, 4) is 11.5 Å². The molecule has 0 bridgehead atoms. The van der Waals surface area contributed by atoms with Crippen LogP contribution in [0.1, 0.15) is 19.3 Å². The van der Waals surface area contributed by atoms with Crippen LogP contribution < -0.4 is 15.2 Å². The molecule has 116 valence electrons. The second-order valence-electron chi connectivity index (χ2n) is 5.33. The predicted octanol–water partition coefficient (Wildman–Crippen LogP) is 1.66. The quantitative estimate of drug-likeness (QED) is 0.866. The average molecular weight is 292 g/mol. The SMILES string of the molecule is COc1ccc(OCCC(=O)N2CCC(CN)CC2)cc1. The molecule has 0 unspecified atom stereocenters. The fourth-order valence-electron chi connectivity index (χ4n) is 2.50. The van der Waals surface area contributed by atoms with Crippen molar-refractivity contribution in [2.24, 2.45) is 11.7 Å². The molecule has 0 saturated carbocycles. The minimum Gasteiger partial charge on any atom is -0.497 e. The molecule has 0 atom stereocenters. The first-order valence-corrected chi connectivity index (χ1v) is 7.47. The van der Waals surface area contributed by atoms with Crippen molar-refractivity contribution in [2.45, 2.75) is 19.3 Å². The molecule has 5 heteroatoms. The van der Waals surface area contributed by atoms with E-state index in [0.29, 0.717) is 18.9 Å². The Morgan fingerprint density at radius 3 is 2.43 bits per heavy atom. The first-order chi connectivity index (χ1) is 10.2. The highest BCUT2D eigenvalue weighted by molar-refractivity contribution is 5.76. The van der Waals surface area contributed by atoms with Crippen molar-refractivity contribution in [1.29, 1.82) is 0 Å². The van der Waals surface area contributed by atoms with Crippen LogP contribution in [0.3, 0.4) is 0 Å². The summed E-state index contributed by atoms with van der Waals surface area (Å²) in [5.41, 5.74) is 5.66. The zero-order valence-corrected chi connectivity index (χ0v) is 12.6. The number of hydrogen-bond acceptors (Lipinski definition) is 4. The molecule has 1 saturated heterocycles. The Labute approximate surface area is 126 Å². The number of amides is 1. The van der Waals surface area contributed by atoms with E-state index in [2.05, 4.69) is 0 Å². The second kappa shape index (κ2) is 7.88. The van der Waals surface area contributed by atoms with Crippen molar-refractivity contribution >= 4 is 5.91 Å². The van der Waals surface area contributed by atoms with Gasteiger partial charge in [-0.3, -0.25) is 4.79 Å². The summed E-state index contributed by atoms with van der Waals surface area (Å²) in [5.74, 6) is 2.29. The largest absolute Gasteiger partial charge is 0.497 e. The molecule has 1 aliphatic rings. The number of likely N-dealkylation sites (tertiary alicyclic amines) is 1. The molecule has 0 spiro atoms. The van der Waals surface area contributed by atoms with E-state index < -0.39 is 0 Å². The lowest BCUT2D eigenvalue weighted by atomic mass is 9.97. The molecular formula is C16H24N2O3. The number of carbonyl (C=O) groups excluding carboxylic acids is 1. The summed E-state index contributed by atoms with van der Waals surface area (Å²) >= 11 is 0. The third-order valence-electron chi connectivity index (χ3n) is 3.94. The summed E-state index contributed by atoms with van der Waals surface area (Å²) in [4.78, 5) is 14.0. The predicted molar refractivity (Wildman–Crippen MR) is 81.5 cm³/mol. The van der Waals surface area contributed by atoms with Gasteiger partial charge >= 0.3 is 0 Å². The van der Waals surface area contributed by atoms with Crippen LogP contribution in [0.15, 0.2) is 24.3 Å². The van der Waals surface area contributed by atoms with Crippen molar-refractivity contribution in [3.05, 3.63) is 24.3 Å². The number of piperidine rings is 1. The van der Waals surface area contributed by atoms with Gasteiger partial charge in [0.05, 0.1) is 20.1 Å². The topological polar surface area (TPSA) is 64.8 Å². The van der Waals surface area contributed by atoms with Crippen LogP contribution in [0.5, 0.6) is 11.5 Å². The normalized spacial score (nSPS) is 15.8. The number of rotatable bonds is 6. The number of carbonyl (C=O) groups is 1. The van der Waals surface area contributed by atoms with E-state index in [4.69, 9.17) is 15.2 Å². The fraction of sp³-hybridized carbons (Fsp3) is 0.562. The average Bonchev–Trinajstić information content (AvgIpc) is 2.55. The minimum absolute atomic E-state index is 0.166. The van der Waals surface area contributed by atoms with Crippen molar-refractivity contribution < 1.29 is 14.3 Å². The van der Waals surface area contributed by atoms with Crippen LogP contribution in [0.2, 0.25) is 0 Å². The molecule has 1 aromatic rings. The highest BCUT2D eigenvalue weighted by Crippen LogP contribution is 2.18. The van der Waals surface area contributed by atoms with Gasteiger partial charge in [0.2, 0.25) is 5.91 Å². The zero-order chi connectivity index (χ0) is 15.1. The molecule has 0 aliphatic carbocycles. The molecule has 2 N–H and O–H groups in total. The number of nitrogens with zero attached hydrogens (tertiary/aromatic N) is 1. The maximum atomic E-state index is 12.1. The van der Waals surface area contributed by atoms with Gasteiger partial charge in [-0.2, -0.15) is 0 Å². The molecule has 1 heterocycles. The van der Waals surface area contributed by atoms with Gasteiger partial charge in [0.1, 0.15) is 11.5 Å². The van der Waals surface area contributed by atoms with Gasteiger partial charge in [-0.25, -0.2) is 0 Å². The Balaban J connectivity index is 1.69. The van der Waals surface area contributed by atoms with Gasteiger partial charge in [0.25, 0.3) is 0 Å². The molecule has 0 aromatic heterocycles. The van der Waals surface area contributed by atoms with Gasteiger partial charge in [0, 0.05) is 13.1 Å². The van der Waals surface area contributed by atoms with E-state index in [-0.39, 0.29) is 5.91 Å². The third-order valence-corrected chi connectivity index (χ3v) is 3.94. The number of ether oxygens (including phenoxy) is 2. The summed E-state index contributed by atoms with van der Waals surface area (Å²) in [6.45, 7) is 2.77. The Morgan fingerprint density at radius 2 is 1.86 bits per heavy atom. The summed E-state index contributed by atoms with van der Waals surface area (Å²) in [7, 11) is 1.63. The lowest BCUT2D eigenvalue weighted by molar-refractivity contribution is -0.133. The molecule has 0 radical (unpaired) electrons. The highest BCUT2D eigenvalue weighted by Gasteiger charge is 2.21. The molecule has 5 nitrogen and oxygen atoms in total. The lowest BCUT2D eigenvalue weighted by Gasteiger charge is -2.31. The van der Waals surface area contributed by atoms with Gasteiger partial charge in [-0.05, 0) is 49.6 Å². The van der Waals surface area contributed by atoms with Crippen LogP contribution in [-0.2, 0) is 4.79 Å². The van der Waals surface area contributed by atoms with Gasteiger partial charge in [-0.15, -0.1) is 0 Å². The van der Waals surface area contributed by atoms with Crippen LogP contribution in [0, 0.1) is 5.92 Å². The summed E-state index contributed by atoms with van der Waals surface area (Å²) in [6, 6.07) is 7.37. The van der Waals surface area contributed by atoms with E-state index in [9.17, 15) is 4.79 Å². The highest BCUT2D eigenvalue weighted by atomic mass is 16.5. The molecule has 1 aliphatic heterocycles. The van der Waals surface area contributed by atoms with E-state index in [1.807, 2.05) is 29.2 Å². The lowest BCUT2D eigenvalue weighted by Crippen LogP contribution is -2.40. The van der Waals surface area contributed by atoms with E-state index in [1.165, 1.54) is 0 Å². The molecular weight excluding hydrogens is 268 g/mol. The first-order valence-electron chi connectivity index (χ1n) is 7.47. The zero-order valence-electron chi connectivity index (χ0n) is 12.6. The van der Waals surface area contributed by atoms with Crippen LogP contribution in [0.25, 0.3) is 0 Å². The summed E-state index contributed by atoms with van der Waals surface area (Å²) < 4.78 is 10.7. The molecule has 1 fully saturated rings. The second-order valence-corrected chi connectivity index (χ2v) is 5.33. The maximum Gasteiger partial charge on any atom is 0.225 e. The Morgan fingerprint density at radius 1 is 1.24 bits per heavy atom. The Kier molecular flexibility index (Phi) is 5.87. The summed E-state index contributed by atoms with van der Waals surface area (Å²) in [5, 5.41) is 0. The van der Waals surface area contributed by atoms with E-state index in [1.54, 1.807) is 7.11 Å². The van der Waals surface area contributed by atoms with Crippen molar-refractivity contribution in [1.82, 2.24) is 4.90 Å². The van der Waals surface area contributed by atoms with E-state index in [0.717, 1.165) is 44.0 Å². The van der Waals surface area contributed by atoms with Crippen LogP contribution >= 0.6 is 0 Å². The van der Waals surface area contributed by atoms with Gasteiger partial charge in [-0.1, -0.05) is 0 Å². The number of methoxy groups -OCH3 is 1. The number of nitrogens with two attached hydrogens (primary N) is 1. The van der Waals surface area contributed by atoms with Crippen LogP contribution in [0.4, 0.5) is 0 Å². The first kappa shape index (κ1) is 15.6. The van der Waals surface area contributed by atoms with E-state index >= 15 is 0 Å². The van der Waals surface area contributed by atoms with Gasteiger partial charge < -0.3 is 20.1 Å². The van der Waals surface area contributed by atoms with Crippen molar-refractivity contribution in [3.63, 3.8) is 0 Å². The van der Waals surface area contributed by atoms with Crippen molar-refractivity contribution in [2.75, 3.05) is 33.4 Å². The molecule has 1 aromatic carbocycles. The monoisotopic (exact) mass is 292 g/mol. The molecule has 21 heavy (non-hydrogen) atoms. The smallest absolute Gasteiger partial charge is 0.225 e. The van der Waals surface area contributed by atoms with Crippen LogP contribution in [-0.4, -0.2) is 44.2 Å². The minimum atomic E-state index is 0.166. The third kappa shape index (κ3) is 4.63. The standard InChI is InChI=1S/C16H24N2O3/c1-20-14-2-4-15(5-3-14)21-11-8-16(19)18-9-6-13(12-17)7-10-18/h2-5,13H,6-12,17H2,1H3. The number of benzene rings is 1. The Hall–Kier alpha value is -1.75.